The molecule has 0 atom stereocenters. The van der Waals surface area contributed by atoms with Gasteiger partial charge in [0, 0.05) is 11.8 Å². The van der Waals surface area contributed by atoms with E-state index in [0.717, 1.165) is 5.69 Å². The van der Waals surface area contributed by atoms with Crippen LogP contribution in [0.2, 0.25) is 0 Å². The monoisotopic (exact) mass is 270 g/mol. The number of aryl methyl sites for hydroxylation is 1. The Morgan fingerprint density at radius 1 is 1.44 bits per heavy atom. The fourth-order valence-corrected chi connectivity index (χ4v) is 3.40. The van der Waals surface area contributed by atoms with E-state index < -0.39 is 10.0 Å². The summed E-state index contributed by atoms with van der Waals surface area (Å²) in [6.07, 6.45) is 0.565. The highest BCUT2D eigenvalue weighted by Gasteiger charge is 2.36. The lowest BCUT2D eigenvalue weighted by Gasteiger charge is -2.37. The van der Waals surface area contributed by atoms with Gasteiger partial charge in [-0.2, -0.15) is 4.31 Å². The highest BCUT2D eigenvalue weighted by atomic mass is 32.2. The Labute approximate surface area is 108 Å². The highest BCUT2D eigenvalue weighted by Crippen LogP contribution is 2.19. The summed E-state index contributed by atoms with van der Waals surface area (Å²) in [6.45, 7) is 4.61. The molecule has 1 aromatic heterocycles. The smallest absolute Gasteiger partial charge is 0.214 e. The second kappa shape index (κ2) is 5.24. The number of hydrogen-bond donors (Lipinski definition) is 0. The van der Waals surface area contributed by atoms with Crippen LogP contribution in [0, 0.1) is 6.92 Å². The summed E-state index contributed by atoms with van der Waals surface area (Å²) in [4.78, 5) is 4.23. The van der Waals surface area contributed by atoms with Gasteiger partial charge in [0.25, 0.3) is 0 Å². The molecule has 0 spiro atoms. The lowest BCUT2D eigenvalue weighted by Crippen LogP contribution is -2.56. The molecule has 6 heteroatoms. The van der Waals surface area contributed by atoms with E-state index in [4.69, 9.17) is 4.74 Å². The maximum atomic E-state index is 11.7. The maximum Gasteiger partial charge on any atom is 0.214 e. The molecule has 0 saturated carbocycles. The Kier molecular flexibility index (Phi) is 3.87. The normalized spacial score (nSPS) is 17.4. The van der Waals surface area contributed by atoms with Gasteiger partial charge in [0.15, 0.2) is 0 Å². The first-order valence-corrected chi connectivity index (χ1v) is 7.70. The Bertz CT molecular complexity index is 510. The van der Waals surface area contributed by atoms with Crippen molar-refractivity contribution in [3.8, 4) is 5.88 Å². The van der Waals surface area contributed by atoms with Crippen molar-refractivity contribution in [2.24, 2.45) is 0 Å². The van der Waals surface area contributed by atoms with Gasteiger partial charge < -0.3 is 4.74 Å². The first kappa shape index (κ1) is 13.3. The number of ether oxygens (including phenoxy) is 1. The van der Waals surface area contributed by atoms with Crippen LogP contribution in [-0.2, 0) is 10.0 Å². The molecule has 5 nitrogen and oxygen atoms in total. The minimum absolute atomic E-state index is 0.0778. The van der Waals surface area contributed by atoms with Crippen LogP contribution in [-0.4, -0.2) is 42.7 Å². The van der Waals surface area contributed by atoms with Crippen molar-refractivity contribution in [1.29, 1.82) is 0 Å². The molecule has 1 saturated heterocycles. The molecule has 1 aliphatic rings. The molecule has 0 bridgehead atoms. The predicted molar refractivity (Wildman–Crippen MR) is 69.0 cm³/mol. The number of rotatable bonds is 5. The summed E-state index contributed by atoms with van der Waals surface area (Å²) >= 11 is 0. The van der Waals surface area contributed by atoms with Gasteiger partial charge in [-0.25, -0.2) is 13.4 Å². The lowest BCUT2D eigenvalue weighted by molar-refractivity contribution is 0.0720. The number of nitrogens with zero attached hydrogens (tertiary/aromatic N) is 2. The fourth-order valence-electron chi connectivity index (χ4n) is 1.84. The molecule has 18 heavy (non-hydrogen) atoms. The summed E-state index contributed by atoms with van der Waals surface area (Å²) in [5, 5.41) is 0. The third-order valence-electron chi connectivity index (χ3n) is 2.82. The quantitative estimate of drug-likeness (QED) is 0.806. The Morgan fingerprint density at radius 3 is 2.78 bits per heavy atom. The van der Waals surface area contributed by atoms with Gasteiger partial charge in [-0.15, -0.1) is 0 Å². The number of pyridine rings is 1. The molecule has 0 radical (unpaired) electrons. The van der Waals surface area contributed by atoms with Crippen LogP contribution >= 0.6 is 0 Å². The molecular formula is C12H18N2O3S. The van der Waals surface area contributed by atoms with Crippen molar-refractivity contribution in [1.82, 2.24) is 9.29 Å². The fraction of sp³-hybridized carbons (Fsp3) is 0.583. The molecule has 2 heterocycles. The zero-order valence-electron chi connectivity index (χ0n) is 10.7. The second-order valence-corrected chi connectivity index (χ2v) is 6.58. The average Bonchev–Trinajstić information content (AvgIpc) is 2.22. The van der Waals surface area contributed by atoms with Gasteiger partial charge in [0.1, 0.15) is 6.10 Å². The van der Waals surface area contributed by atoms with Crippen molar-refractivity contribution in [3.63, 3.8) is 0 Å². The summed E-state index contributed by atoms with van der Waals surface area (Å²) < 4.78 is 30.5. The zero-order valence-corrected chi connectivity index (χ0v) is 11.5. The molecule has 0 unspecified atom stereocenters. The van der Waals surface area contributed by atoms with Crippen molar-refractivity contribution in [2.45, 2.75) is 26.4 Å². The SMILES string of the molecule is CCCS(=O)(=O)N1CC(Oc2cccc(C)n2)C1. The molecule has 0 amide bonds. The van der Waals surface area contributed by atoms with Crippen LogP contribution in [0.1, 0.15) is 19.0 Å². The summed E-state index contributed by atoms with van der Waals surface area (Å²) in [5.74, 6) is 0.773. The molecule has 0 N–H and O–H groups in total. The Morgan fingerprint density at radius 2 is 2.17 bits per heavy atom. The molecule has 0 aliphatic carbocycles. The van der Waals surface area contributed by atoms with Crippen molar-refractivity contribution >= 4 is 10.0 Å². The zero-order chi connectivity index (χ0) is 13.2. The average molecular weight is 270 g/mol. The van der Waals surface area contributed by atoms with Crippen LogP contribution in [0.3, 0.4) is 0 Å². The molecule has 1 aliphatic heterocycles. The molecule has 100 valence electrons. The third kappa shape index (κ3) is 3.00. The topological polar surface area (TPSA) is 59.5 Å². The second-order valence-electron chi connectivity index (χ2n) is 4.49. The van der Waals surface area contributed by atoms with Crippen LogP contribution < -0.4 is 4.74 Å². The Balaban J connectivity index is 1.87. The van der Waals surface area contributed by atoms with Crippen LogP contribution in [0.15, 0.2) is 18.2 Å². The Hall–Kier alpha value is -1.14. The third-order valence-corrected chi connectivity index (χ3v) is 4.83. The van der Waals surface area contributed by atoms with E-state index in [0.29, 0.717) is 25.4 Å². The van der Waals surface area contributed by atoms with E-state index in [1.165, 1.54) is 4.31 Å². The van der Waals surface area contributed by atoms with Crippen molar-refractivity contribution in [3.05, 3.63) is 23.9 Å². The van der Waals surface area contributed by atoms with Crippen LogP contribution in [0.5, 0.6) is 5.88 Å². The van der Waals surface area contributed by atoms with Crippen LogP contribution in [0.25, 0.3) is 0 Å². The van der Waals surface area contributed by atoms with Gasteiger partial charge >= 0.3 is 0 Å². The summed E-state index contributed by atoms with van der Waals surface area (Å²) in [5.41, 5.74) is 0.891. The lowest BCUT2D eigenvalue weighted by atomic mass is 10.2. The van der Waals surface area contributed by atoms with Crippen molar-refractivity contribution < 1.29 is 13.2 Å². The van der Waals surface area contributed by atoms with E-state index in [9.17, 15) is 8.42 Å². The number of hydrogen-bond acceptors (Lipinski definition) is 4. The van der Waals surface area contributed by atoms with Gasteiger partial charge in [0.05, 0.1) is 18.8 Å². The molecular weight excluding hydrogens is 252 g/mol. The first-order chi connectivity index (χ1) is 8.51. The predicted octanol–water partition coefficient (Wildman–Crippen LogP) is 1.19. The minimum atomic E-state index is -3.07. The van der Waals surface area contributed by atoms with Crippen LogP contribution in [0.4, 0.5) is 0 Å². The maximum absolute atomic E-state index is 11.7. The van der Waals surface area contributed by atoms with E-state index in [1.54, 1.807) is 6.07 Å². The molecule has 0 aromatic carbocycles. The van der Waals surface area contributed by atoms with Crippen molar-refractivity contribution in [2.75, 3.05) is 18.8 Å². The highest BCUT2D eigenvalue weighted by molar-refractivity contribution is 7.89. The van der Waals surface area contributed by atoms with E-state index in [1.807, 2.05) is 26.0 Å². The minimum Gasteiger partial charge on any atom is -0.472 e. The molecule has 2 rings (SSSR count). The molecule has 1 aromatic rings. The van der Waals surface area contributed by atoms with Gasteiger partial charge in [0.2, 0.25) is 15.9 Å². The van der Waals surface area contributed by atoms with Gasteiger partial charge in [-0.1, -0.05) is 13.0 Å². The number of sulfonamides is 1. The first-order valence-electron chi connectivity index (χ1n) is 6.09. The van der Waals surface area contributed by atoms with E-state index >= 15 is 0 Å². The number of aromatic nitrogens is 1. The molecule has 1 fully saturated rings. The summed E-state index contributed by atoms with van der Waals surface area (Å²) in [7, 11) is -3.07. The standard InChI is InChI=1S/C12H18N2O3S/c1-3-7-18(15,16)14-8-11(9-14)17-12-6-4-5-10(2)13-12/h4-6,11H,3,7-9H2,1-2H3. The largest absolute Gasteiger partial charge is 0.472 e. The van der Waals surface area contributed by atoms with Gasteiger partial charge in [-0.05, 0) is 19.4 Å². The van der Waals surface area contributed by atoms with Gasteiger partial charge in [-0.3, -0.25) is 0 Å². The van der Waals surface area contributed by atoms with E-state index in [2.05, 4.69) is 4.98 Å². The summed E-state index contributed by atoms with van der Waals surface area (Å²) in [6, 6.07) is 5.56. The van der Waals surface area contributed by atoms with E-state index in [-0.39, 0.29) is 11.9 Å².